The van der Waals surface area contributed by atoms with E-state index < -0.39 is 0 Å². The number of phenols is 1. The number of nitrogens with zero attached hydrogens (tertiary/aromatic N) is 5. The third-order valence-corrected chi connectivity index (χ3v) is 3.83. The predicted octanol–water partition coefficient (Wildman–Crippen LogP) is 3.06. The molecule has 0 aliphatic rings. The zero-order chi connectivity index (χ0) is 20.2. The van der Waals surface area contributed by atoms with Crippen LogP contribution in [0, 0.1) is 5.82 Å². The van der Waals surface area contributed by atoms with E-state index in [2.05, 4.69) is 40.8 Å². The average molecular weight is 395 g/mol. The first-order valence-electron chi connectivity index (χ1n) is 8.31. The molecule has 0 unspecified atom stereocenters. The maximum absolute atomic E-state index is 13.1. The summed E-state index contributed by atoms with van der Waals surface area (Å²) in [4.78, 5) is 8.54. The Balaban J connectivity index is 1.60. The second-order valence-corrected chi connectivity index (χ2v) is 5.76. The number of rotatable bonds is 6. The molecule has 4 rings (SSSR count). The Kier molecular flexibility index (Phi) is 4.84. The number of aromatic hydroxyl groups is 1. The van der Waals surface area contributed by atoms with Crippen molar-refractivity contribution in [3.05, 3.63) is 53.8 Å². The predicted molar refractivity (Wildman–Crippen MR) is 103 cm³/mol. The van der Waals surface area contributed by atoms with E-state index in [1.807, 2.05) is 0 Å². The molecular weight excluding hydrogens is 381 g/mol. The van der Waals surface area contributed by atoms with E-state index in [1.165, 1.54) is 31.5 Å². The highest BCUT2D eigenvalue weighted by Crippen LogP contribution is 2.25. The number of anilines is 3. The number of fused-ring (bicyclic) bond motifs is 1. The summed E-state index contributed by atoms with van der Waals surface area (Å²) < 4.78 is 22.8. The summed E-state index contributed by atoms with van der Waals surface area (Å²) in [5.41, 5.74) is 4.15. The van der Waals surface area contributed by atoms with Gasteiger partial charge < -0.3 is 15.2 Å². The van der Waals surface area contributed by atoms with Crippen molar-refractivity contribution < 1.29 is 18.9 Å². The summed E-state index contributed by atoms with van der Waals surface area (Å²) in [6.07, 6.45) is 1.41. The van der Waals surface area contributed by atoms with Gasteiger partial charge in [0, 0.05) is 17.3 Å². The van der Waals surface area contributed by atoms with Crippen LogP contribution in [0.3, 0.4) is 0 Å². The minimum Gasteiger partial charge on any atom is -0.507 e. The van der Waals surface area contributed by atoms with E-state index >= 15 is 0 Å². The van der Waals surface area contributed by atoms with E-state index in [0.29, 0.717) is 17.0 Å². The molecule has 0 radical (unpaired) electrons. The molecule has 29 heavy (non-hydrogen) atoms. The lowest BCUT2D eigenvalue weighted by Crippen LogP contribution is -2.03. The zero-order valence-corrected chi connectivity index (χ0v) is 15.0. The molecule has 0 bridgehead atoms. The lowest BCUT2D eigenvalue weighted by Gasteiger charge is -2.09. The number of methoxy groups -OCH3 is 1. The molecule has 4 aromatic rings. The summed E-state index contributed by atoms with van der Waals surface area (Å²) in [5.74, 6) is 0.660. The molecule has 2 heterocycles. The molecule has 0 saturated carbocycles. The van der Waals surface area contributed by atoms with Gasteiger partial charge in [0.2, 0.25) is 11.3 Å². The van der Waals surface area contributed by atoms with Crippen molar-refractivity contribution in [2.45, 2.75) is 0 Å². The monoisotopic (exact) mass is 395 g/mol. The van der Waals surface area contributed by atoms with Crippen LogP contribution in [0.15, 0.2) is 52.2 Å². The van der Waals surface area contributed by atoms with Gasteiger partial charge in [0.25, 0.3) is 0 Å². The van der Waals surface area contributed by atoms with Crippen LogP contribution < -0.4 is 15.5 Å². The Morgan fingerprint density at radius 1 is 1.07 bits per heavy atom. The number of hydrogen-bond donors (Lipinski definition) is 3. The topological polar surface area (TPSA) is 131 Å². The maximum Gasteiger partial charge on any atom is 0.245 e. The third kappa shape index (κ3) is 4.03. The number of nitrogens with one attached hydrogen (secondary N) is 2. The first kappa shape index (κ1) is 18.1. The number of benzene rings is 2. The summed E-state index contributed by atoms with van der Waals surface area (Å²) in [6, 6.07) is 10.5. The highest BCUT2D eigenvalue weighted by molar-refractivity contribution is 5.85. The lowest BCUT2D eigenvalue weighted by molar-refractivity contribution is 0.314. The molecule has 10 nitrogen and oxygen atoms in total. The number of ether oxygens (including phenoxy) is 1. The van der Waals surface area contributed by atoms with Crippen molar-refractivity contribution in [2.75, 3.05) is 17.9 Å². The average Bonchev–Trinajstić information content (AvgIpc) is 3.18. The molecule has 0 atom stereocenters. The van der Waals surface area contributed by atoms with Crippen LogP contribution in [-0.2, 0) is 0 Å². The molecule has 2 aromatic heterocycles. The SMILES string of the molecule is COc1ccc(C=NNc2nc3nonc3nc2Nc2ccc(F)cc2)c(O)c1. The zero-order valence-electron chi connectivity index (χ0n) is 15.0. The Bertz CT molecular complexity index is 1180. The fraction of sp³-hybridized carbons (Fsp3) is 0.0556. The Morgan fingerprint density at radius 3 is 2.48 bits per heavy atom. The van der Waals surface area contributed by atoms with Crippen molar-refractivity contribution in [1.29, 1.82) is 0 Å². The first-order chi connectivity index (χ1) is 14.1. The quantitative estimate of drug-likeness (QED) is 0.333. The number of phenolic OH excluding ortho intramolecular Hbond substituents is 1. The Morgan fingerprint density at radius 2 is 1.79 bits per heavy atom. The fourth-order valence-electron chi connectivity index (χ4n) is 2.40. The molecule has 0 saturated heterocycles. The van der Waals surface area contributed by atoms with E-state index in [0.717, 1.165) is 0 Å². The minimum absolute atomic E-state index is 0.00166. The second kappa shape index (κ2) is 7.76. The molecule has 11 heteroatoms. The van der Waals surface area contributed by atoms with Crippen molar-refractivity contribution in [3.8, 4) is 11.5 Å². The van der Waals surface area contributed by atoms with Crippen molar-refractivity contribution in [3.63, 3.8) is 0 Å². The van der Waals surface area contributed by atoms with Crippen molar-refractivity contribution >= 4 is 34.8 Å². The van der Waals surface area contributed by atoms with Gasteiger partial charge in [-0.2, -0.15) is 10.1 Å². The molecule has 146 valence electrons. The summed E-state index contributed by atoms with van der Waals surface area (Å²) >= 11 is 0. The first-order valence-corrected chi connectivity index (χ1v) is 8.31. The molecular formula is C18H14FN7O3. The van der Waals surface area contributed by atoms with E-state index in [9.17, 15) is 9.50 Å². The lowest BCUT2D eigenvalue weighted by atomic mass is 10.2. The molecule has 0 fully saturated rings. The largest absolute Gasteiger partial charge is 0.507 e. The van der Waals surface area contributed by atoms with Crippen LogP contribution in [0.2, 0.25) is 0 Å². The van der Waals surface area contributed by atoms with Gasteiger partial charge in [0.05, 0.1) is 13.3 Å². The number of hydrogen-bond acceptors (Lipinski definition) is 10. The van der Waals surface area contributed by atoms with Gasteiger partial charge >= 0.3 is 0 Å². The van der Waals surface area contributed by atoms with E-state index in [1.54, 1.807) is 24.3 Å². The normalized spacial score (nSPS) is 11.1. The molecule has 0 aliphatic heterocycles. The molecule has 2 aromatic carbocycles. The summed E-state index contributed by atoms with van der Waals surface area (Å²) in [6.45, 7) is 0. The van der Waals surface area contributed by atoms with Crippen molar-refractivity contribution in [2.24, 2.45) is 5.10 Å². The molecule has 3 N–H and O–H groups in total. The number of hydrazone groups is 1. The molecule has 0 amide bonds. The van der Waals surface area contributed by atoms with Gasteiger partial charge in [-0.1, -0.05) is 0 Å². The van der Waals surface area contributed by atoms with Crippen LogP contribution in [0.25, 0.3) is 11.3 Å². The van der Waals surface area contributed by atoms with E-state index in [4.69, 9.17) is 4.74 Å². The fourth-order valence-corrected chi connectivity index (χ4v) is 2.40. The molecule has 0 aliphatic carbocycles. The maximum atomic E-state index is 13.1. The van der Waals surface area contributed by atoms with Gasteiger partial charge in [0.15, 0.2) is 11.6 Å². The second-order valence-electron chi connectivity index (χ2n) is 5.76. The van der Waals surface area contributed by atoms with Gasteiger partial charge in [-0.25, -0.2) is 14.0 Å². The van der Waals surface area contributed by atoms with Gasteiger partial charge in [-0.05, 0) is 46.7 Å². The van der Waals surface area contributed by atoms with Crippen LogP contribution in [0.1, 0.15) is 5.56 Å². The smallest absolute Gasteiger partial charge is 0.245 e. The standard InChI is InChI=1S/C18H14FN7O3/c1-28-13-7-2-10(14(27)8-13)9-20-24-16-15(21-12-5-3-11(19)4-6-12)22-17-18(23-16)26-29-25-17/h2-9,27H,1H3,(H,21,22,25)(H,23,24,26). The van der Waals surface area contributed by atoms with Crippen LogP contribution in [-0.4, -0.2) is 38.7 Å². The highest BCUT2D eigenvalue weighted by Gasteiger charge is 2.13. The van der Waals surface area contributed by atoms with Crippen molar-refractivity contribution in [1.82, 2.24) is 20.3 Å². The number of halogens is 1. The van der Waals surface area contributed by atoms with E-state index in [-0.39, 0.29) is 34.5 Å². The molecule has 0 spiro atoms. The van der Waals surface area contributed by atoms with Gasteiger partial charge in [-0.15, -0.1) is 0 Å². The highest BCUT2D eigenvalue weighted by atomic mass is 19.1. The van der Waals surface area contributed by atoms with Gasteiger partial charge in [0.1, 0.15) is 17.3 Å². The summed E-state index contributed by atoms with van der Waals surface area (Å²) in [7, 11) is 1.51. The Hall–Kier alpha value is -4.28. The van der Waals surface area contributed by atoms with Crippen LogP contribution in [0.4, 0.5) is 21.7 Å². The third-order valence-electron chi connectivity index (χ3n) is 3.83. The number of aromatic nitrogens is 4. The van der Waals surface area contributed by atoms with Crippen LogP contribution >= 0.6 is 0 Å². The Labute approximate surface area is 163 Å². The summed E-state index contributed by atoms with van der Waals surface area (Å²) in [5, 5.41) is 24.4. The minimum atomic E-state index is -0.361. The van der Waals surface area contributed by atoms with Crippen LogP contribution in [0.5, 0.6) is 11.5 Å². The van der Waals surface area contributed by atoms with Gasteiger partial charge in [-0.3, -0.25) is 5.43 Å².